The van der Waals surface area contributed by atoms with Crippen LogP contribution in [-0.2, 0) is 25.8 Å². The molecule has 5 heterocycles. The maximum Gasteiger partial charge on any atom is 0.307 e. The molecule has 0 aromatic carbocycles. The Hall–Kier alpha value is -3.94. The van der Waals surface area contributed by atoms with E-state index in [1.807, 2.05) is 16.7 Å². The van der Waals surface area contributed by atoms with Gasteiger partial charge in [-0.25, -0.2) is 4.57 Å². The second-order valence-electron chi connectivity index (χ2n) is 8.48. The predicted molar refractivity (Wildman–Crippen MR) is 156 cm³/mol. The molecule has 5 rings (SSSR count). The van der Waals surface area contributed by atoms with Crippen LogP contribution in [0.15, 0.2) is 51.0 Å². The molecule has 0 unspecified atom stereocenters. The number of carboxylic acid groups (broad SMARTS) is 1. The number of oxime groups is 1. The lowest BCUT2D eigenvalue weighted by Crippen LogP contribution is -2.71. The van der Waals surface area contributed by atoms with Crippen LogP contribution in [0.3, 0.4) is 0 Å². The molecule has 3 aromatic rings. The number of amides is 2. The fraction of sp³-hybridized carbons (Fsp3) is 0.318. The maximum absolute atomic E-state index is 13.1. The molecule has 0 radical (unpaired) electrons. The number of carbonyl (C=O) groups is 3. The van der Waals surface area contributed by atoms with E-state index in [9.17, 15) is 19.5 Å². The third kappa shape index (κ3) is 6.13. The normalized spacial score (nSPS) is 18.5. The second-order valence-corrected chi connectivity index (χ2v) is 11.5. The van der Waals surface area contributed by atoms with Crippen molar-refractivity contribution >= 4 is 88.1 Å². The molecule has 2 amide bonds. The van der Waals surface area contributed by atoms with E-state index in [1.165, 1.54) is 37.0 Å². The number of β-lactam (4-membered cyclic amide) rings is 1. The third-order valence-electron chi connectivity index (χ3n) is 6.01. The number of thioether (sulfide) groups is 2. The Morgan fingerprint density at radius 2 is 2.21 bits per heavy atom. The van der Waals surface area contributed by atoms with Gasteiger partial charge in [-0.05, 0) is 6.07 Å². The Labute approximate surface area is 256 Å². The van der Waals surface area contributed by atoms with E-state index in [-0.39, 0.29) is 41.3 Å². The van der Waals surface area contributed by atoms with E-state index in [0.29, 0.717) is 17.9 Å². The monoisotopic (exact) mass is 653 g/mol. The number of halogens is 1. The van der Waals surface area contributed by atoms with E-state index < -0.39 is 29.2 Å². The van der Waals surface area contributed by atoms with Gasteiger partial charge in [-0.15, -0.1) is 40.4 Å². The highest BCUT2D eigenvalue weighted by Gasteiger charge is 2.53. The zero-order chi connectivity index (χ0) is 29.1. The minimum Gasteiger partial charge on any atom is -0.543 e. The van der Waals surface area contributed by atoms with Crippen molar-refractivity contribution in [1.82, 2.24) is 29.2 Å². The third-order valence-corrected chi connectivity index (χ3v) is 8.80. The SMILES string of the molecule is CO/N=C(\C(=O)N[C@@H]1C(=O)N2C(C(=O)[O-])=C(C[n+]3ccn4nc(SCCN=CN)ccc43)CS[C@H]12)c1nsc(N)n1.Cl. The zero-order valence-electron chi connectivity index (χ0n) is 21.8. The summed E-state index contributed by atoms with van der Waals surface area (Å²) in [5.74, 6) is -1.88. The quantitative estimate of drug-likeness (QED) is 0.0389. The van der Waals surface area contributed by atoms with Gasteiger partial charge in [0.2, 0.25) is 11.5 Å². The van der Waals surface area contributed by atoms with Crippen LogP contribution in [0.4, 0.5) is 5.13 Å². The zero-order valence-corrected chi connectivity index (χ0v) is 25.0. The number of hydrogen-bond acceptors (Lipinski definition) is 14. The smallest absolute Gasteiger partial charge is 0.307 e. The number of nitrogen functional groups attached to an aromatic ring is 1. The average Bonchev–Trinajstić information content (AvgIpc) is 3.57. The predicted octanol–water partition coefficient (Wildman–Crippen LogP) is -1.99. The van der Waals surface area contributed by atoms with Crippen LogP contribution in [0.25, 0.3) is 5.65 Å². The number of fused-ring (bicyclic) bond motifs is 2. The first-order valence-corrected chi connectivity index (χ1v) is 14.7. The molecule has 1 saturated heterocycles. The van der Waals surface area contributed by atoms with Crippen molar-refractivity contribution in [2.45, 2.75) is 23.0 Å². The molecule has 5 N–H and O–H groups in total. The van der Waals surface area contributed by atoms with Crippen molar-refractivity contribution in [2.24, 2.45) is 15.9 Å². The number of nitrogens with zero attached hydrogens (tertiary/aromatic N) is 8. The number of aromatic nitrogens is 5. The van der Waals surface area contributed by atoms with Crippen molar-refractivity contribution in [3.63, 3.8) is 0 Å². The van der Waals surface area contributed by atoms with E-state index in [1.54, 1.807) is 16.9 Å². The number of carbonyl (C=O) groups excluding carboxylic acids is 3. The highest BCUT2D eigenvalue weighted by atomic mass is 35.5. The topological polar surface area (TPSA) is 222 Å². The average molecular weight is 654 g/mol. The summed E-state index contributed by atoms with van der Waals surface area (Å²) in [6, 6.07) is 2.75. The molecule has 2 atom stereocenters. The maximum atomic E-state index is 13.1. The molecule has 0 spiro atoms. The first kappa shape index (κ1) is 31.0. The number of hydrogen-bond donors (Lipinski definition) is 3. The Morgan fingerprint density at radius 3 is 2.90 bits per heavy atom. The molecule has 20 heteroatoms. The summed E-state index contributed by atoms with van der Waals surface area (Å²) >= 11 is 3.73. The van der Waals surface area contributed by atoms with Crippen molar-refractivity contribution in [1.29, 1.82) is 0 Å². The number of aliphatic imine (C=N–C) groups is 1. The molecule has 3 aromatic heterocycles. The Kier molecular flexibility index (Phi) is 9.86. The minimum absolute atomic E-state index is 0. The largest absolute Gasteiger partial charge is 0.543 e. The summed E-state index contributed by atoms with van der Waals surface area (Å²) in [5.41, 5.74) is 11.6. The number of anilines is 1. The first-order valence-electron chi connectivity index (χ1n) is 11.9. The van der Waals surface area contributed by atoms with Crippen molar-refractivity contribution in [3.8, 4) is 0 Å². The summed E-state index contributed by atoms with van der Waals surface area (Å²) in [7, 11) is 1.25. The van der Waals surface area contributed by atoms with Gasteiger partial charge in [-0.1, -0.05) is 10.3 Å². The lowest BCUT2D eigenvalue weighted by molar-refractivity contribution is -0.662. The van der Waals surface area contributed by atoms with Gasteiger partial charge in [0.1, 0.15) is 36.3 Å². The highest BCUT2D eigenvalue weighted by molar-refractivity contribution is 8.00. The Morgan fingerprint density at radius 1 is 1.40 bits per heavy atom. The summed E-state index contributed by atoms with van der Waals surface area (Å²) in [5, 5.41) is 23.3. The van der Waals surface area contributed by atoms with Crippen LogP contribution < -0.4 is 26.5 Å². The van der Waals surface area contributed by atoms with Gasteiger partial charge < -0.3 is 31.5 Å². The summed E-state index contributed by atoms with van der Waals surface area (Å²) in [6.07, 6.45) is 4.81. The van der Waals surface area contributed by atoms with Gasteiger partial charge >= 0.3 is 5.65 Å². The number of imidazole rings is 1. The summed E-state index contributed by atoms with van der Waals surface area (Å²) < 4.78 is 7.48. The van der Waals surface area contributed by atoms with Gasteiger partial charge in [-0.2, -0.15) is 9.36 Å². The lowest BCUT2D eigenvalue weighted by atomic mass is 10.0. The summed E-state index contributed by atoms with van der Waals surface area (Å²) in [6.45, 7) is 0.770. The molecular formula is C22H24ClN11O5S3. The second kappa shape index (κ2) is 13.4. The van der Waals surface area contributed by atoms with Crippen LogP contribution in [0.5, 0.6) is 0 Å². The van der Waals surface area contributed by atoms with Crippen LogP contribution in [0.2, 0.25) is 0 Å². The highest BCUT2D eigenvalue weighted by Crippen LogP contribution is 2.40. The number of rotatable bonds is 11. The Balaban J connectivity index is 0.00000405. The van der Waals surface area contributed by atoms with Crippen LogP contribution >= 0.6 is 47.5 Å². The summed E-state index contributed by atoms with van der Waals surface area (Å²) in [4.78, 5) is 52.0. The van der Waals surface area contributed by atoms with Gasteiger partial charge in [0.25, 0.3) is 11.8 Å². The number of aliphatic carboxylic acids is 1. The van der Waals surface area contributed by atoms with E-state index in [0.717, 1.165) is 32.9 Å². The van der Waals surface area contributed by atoms with E-state index in [2.05, 4.69) is 29.9 Å². The van der Waals surface area contributed by atoms with Crippen molar-refractivity contribution in [3.05, 3.63) is 41.6 Å². The molecule has 0 saturated carbocycles. The molecule has 1 fully saturated rings. The first-order chi connectivity index (χ1) is 19.8. The van der Waals surface area contributed by atoms with Crippen molar-refractivity contribution < 1.29 is 28.9 Å². The van der Waals surface area contributed by atoms with E-state index in [4.69, 9.17) is 16.3 Å². The molecule has 2 aliphatic rings. The molecule has 222 valence electrons. The van der Waals surface area contributed by atoms with Crippen LogP contribution in [0, 0.1) is 0 Å². The number of nitrogens with one attached hydrogen (secondary N) is 1. The van der Waals surface area contributed by atoms with Crippen LogP contribution in [-0.4, -0.2) is 90.3 Å². The fourth-order valence-corrected chi connectivity index (χ4v) is 6.76. The van der Waals surface area contributed by atoms with Gasteiger partial charge in [0, 0.05) is 34.7 Å². The molecule has 0 bridgehead atoms. The van der Waals surface area contributed by atoms with E-state index >= 15 is 0 Å². The molecular weight excluding hydrogens is 630 g/mol. The Bertz CT molecular complexity index is 1610. The number of carboxylic acids is 1. The van der Waals surface area contributed by atoms with Gasteiger partial charge in [0.05, 0.1) is 24.5 Å². The molecule has 0 aliphatic carbocycles. The van der Waals surface area contributed by atoms with Crippen molar-refractivity contribution in [2.75, 3.05) is 30.9 Å². The molecule has 42 heavy (non-hydrogen) atoms. The van der Waals surface area contributed by atoms with Gasteiger partial charge in [0.15, 0.2) is 11.3 Å². The van der Waals surface area contributed by atoms with Gasteiger partial charge in [-0.3, -0.25) is 19.5 Å². The van der Waals surface area contributed by atoms with Crippen LogP contribution in [0.1, 0.15) is 5.82 Å². The molecule has 16 nitrogen and oxygen atoms in total. The number of nitrogens with two attached hydrogens (primary N) is 2. The molecule has 2 aliphatic heterocycles. The minimum atomic E-state index is -1.48. The fourth-order valence-electron chi connectivity index (χ4n) is 4.27. The standard InChI is InChI=1S/C22H23N11O5S3.ClH/c1-38-29-14(17-27-22(24)41-30-17)18(34)26-15-19(35)33-16(21(36)37)11(9-40-20(15)33)8-31-5-6-32-13(31)3-2-12(28-32)39-7-4-25-10-23;/h2-3,5-6,10,15,20H,4,7-9H2,1H3,(H5-,23,24,25,26,27,30,34,36,37);1H/b29-14-;/t15-,20-;/m1./s1. The lowest BCUT2D eigenvalue weighted by Gasteiger charge is -2.50.